The molecule has 0 aliphatic carbocycles. The number of alkyl halides is 1. The van der Waals surface area contributed by atoms with Crippen LogP contribution >= 0.6 is 15.9 Å². The Morgan fingerprint density at radius 1 is 1.40 bits per heavy atom. The van der Waals surface area contributed by atoms with Crippen LogP contribution in [0.3, 0.4) is 0 Å². The second kappa shape index (κ2) is 5.10. The van der Waals surface area contributed by atoms with Crippen LogP contribution in [0.4, 0.5) is 0 Å². The molecule has 0 aliphatic rings. The molecule has 0 spiro atoms. The van der Waals surface area contributed by atoms with Gasteiger partial charge in [-0.15, -0.1) is 0 Å². The van der Waals surface area contributed by atoms with Crippen LogP contribution in [-0.2, 0) is 0 Å². The lowest BCUT2D eigenvalue weighted by Gasteiger charge is -2.18. The maximum Gasteiger partial charge on any atom is 0.0690 e. The van der Waals surface area contributed by atoms with Crippen LogP contribution in [0.1, 0.15) is 26.7 Å². The van der Waals surface area contributed by atoms with Gasteiger partial charge in [0.25, 0.3) is 0 Å². The lowest BCUT2D eigenvalue weighted by Crippen LogP contribution is -2.29. The monoisotopic (exact) mass is 210 g/mol. The quantitative estimate of drug-likeness (QED) is 0.688. The van der Waals surface area contributed by atoms with Crippen molar-refractivity contribution >= 4 is 15.9 Å². The van der Waals surface area contributed by atoms with Crippen molar-refractivity contribution in [2.75, 3.05) is 0 Å². The van der Waals surface area contributed by atoms with E-state index in [4.69, 9.17) is 5.11 Å². The fourth-order valence-electron chi connectivity index (χ4n) is 0.776. The van der Waals surface area contributed by atoms with Gasteiger partial charge < -0.3 is 10.2 Å². The Bertz CT molecular complexity index is 85.7. The van der Waals surface area contributed by atoms with E-state index in [9.17, 15) is 5.11 Å². The fourth-order valence-corrected chi connectivity index (χ4v) is 1.04. The second-order valence-electron chi connectivity index (χ2n) is 2.54. The summed E-state index contributed by atoms with van der Waals surface area (Å²) in [6.07, 6.45) is 0.767. The minimum atomic E-state index is -0.485. The highest BCUT2D eigenvalue weighted by molar-refractivity contribution is 9.09. The number of hydrogen-bond donors (Lipinski definition) is 2. The van der Waals surface area contributed by atoms with Gasteiger partial charge in [-0.1, -0.05) is 29.3 Å². The Kier molecular flexibility index (Phi) is 5.31. The molecule has 10 heavy (non-hydrogen) atoms. The molecule has 0 unspecified atom stereocenters. The third kappa shape index (κ3) is 3.54. The maximum atomic E-state index is 9.28. The molecule has 0 aromatic rings. The Morgan fingerprint density at radius 2 is 1.90 bits per heavy atom. The van der Waals surface area contributed by atoms with Crippen molar-refractivity contribution in [3.05, 3.63) is 0 Å². The lowest BCUT2D eigenvalue weighted by atomic mass is 10.1. The van der Waals surface area contributed by atoms with E-state index in [0.717, 1.165) is 12.8 Å². The van der Waals surface area contributed by atoms with Gasteiger partial charge in [0.05, 0.1) is 17.0 Å². The van der Waals surface area contributed by atoms with Crippen LogP contribution < -0.4 is 0 Å². The summed E-state index contributed by atoms with van der Waals surface area (Å²) < 4.78 is 0. The molecule has 2 nitrogen and oxygen atoms in total. The topological polar surface area (TPSA) is 40.5 Å². The highest BCUT2D eigenvalue weighted by atomic mass is 79.9. The van der Waals surface area contributed by atoms with Crippen LogP contribution in [0.5, 0.6) is 0 Å². The predicted molar refractivity (Wildman–Crippen MR) is 45.3 cm³/mol. The van der Waals surface area contributed by atoms with E-state index in [1.54, 1.807) is 6.92 Å². The molecule has 0 aromatic heterocycles. The molecule has 62 valence electrons. The summed E-state index contributed by atoms with van der Waals surface area (Å²) in [7, 11) is 0. The van der Waals surface area contributed by atoms with Gasteiger partial charge in [-0.2, -0.15) is 0 Å². The molecule has 0 bridgehead atoms. The number of rotatable bonds is 4. The van der Waals surface area contributed by atoms with Crippen LogP contribution in [0, 0.1) is 0 Å². The zero-order valence-electron chi connectivity index (χ0n) is 6.42. The fraction of sp³-hybridized carbons (Fsp3) is 1.00. The minimum Gasteiger partial charge on any atom is -0.392 e. The van der Waals surface area contributed by atoms with E-state index in [0.29, 0.717) is 0 Å². The van der Waals surface area contributed by atoms with Gasteiger partial charge in [-0.25, -0.2) is 0 Å². The van der Waals surface area contributed by atoms with E-state index in [-0.39, 0.29) is 4.83 Å². The first-order chi connectivity index (χ1) is 4.59. The predicted octanol–water partition coefficient (Wildman–Crippen LogP) is 1.29. The summed E-state index contributed by atoms with van der Waals surface area (Å²) in [4.78, 5) is -0.188. The molecular formula is C7H15BrO2. The molecule has 3 atom stereocenters. The molecule has 0 rings (SSSR count). The summed E-state index contributed by atoms with van der Waals surface area (Å²) in [5.41, 5.74) is 0. The molecule has 0 heterocycles. The van der Waals surface area contributed by atoms with E-state index in [1.165, 1.54) is 0 Å². The smallest absolute Gasteiger partial charge is 0.0690 e. The summed E-state index contributed by atoms with van der Waals surface area (Å²) in [5.74, 6) is 0. The summed E-state index contributed by atoms with van der Waals surface area (Å²) in [6, 6.07) is 0. The molecule has 0 aliphatic heterocycles. The van der Waals surface area contributed by atoms with Crippen LogP contribution in [-0.4, -0.2) is 27.2 Å². The molecule has 0 radical (unpaired) electrons. The van der Waals surface area contributed by atoms with Crippen molar-refractivity contribution in [1.29, 1.82) is 0 Å². The number of hydrogen-bond acceptors (Lipinski definition) is 2. The van der Waals surface area contributed by atoms with Crippen molar-refractivity contribution in [2.24, 2.45) is 0 Å². The Morgan fingerprint density at radius 3 is 2.20 bits per heavy atom. The number of aliphatic hydroxyl groups is 2. The number of aliphatic hydroxyl groups excluding tert-OH is 2. The van der Waals surface area contributed by atoms with Crippen molar-refractivity contribution in [1.82, 2.24) is 0 Å². The summed E-state index contributed by atoms with van der Waals surface area (Å²) in [5, 5.41) is 18.3. The third-order valence-corrected chi connectivity index (χ3v) is 2.79. The molecule has 0 saturated carbocycles. The van der Waals surface area contributed by atoms with Gasteiger partial charge in [-0.05, 0) is 13.3 Å². The summed E-state index contributed by atoms with van der Waals surface area (Å²) >= 11 is 3.21. The largest absolute Gasteiger partial charge is 0.392 e. The van der Waals surface area contributed by atoms with Crippen LogP contribution in [0.15, 0.2) is 0 Å². The zero-order chi connectivity index (χ0) is 8.15. The SMILES string of the molecule is CCC[C@H](O)[C@H](Br)[C@H](C)O. The molecule has 2 N–H and O–H groups in total. The van der Waals surface area contributed by atoms with Gasteiger partial charge in [0.15, 0.2) is 0 Å². The molecular weight excluding hydrogens is 196 g/mol. The van der Waals surface area contributed by atoms with Crippen molar-refractivity contribution in [2.45, 2.75) is 43.7 Å². The van der Waals surface area contributed by atoms with E-state index in [2.05, 4.69) is 15.9 Å². The third-order valence-electron chi connectivity index (χ3n) is 1.41. The van der Waals surface area contributed by atoms with Gasteiger partial charge in [0.1, 0.15) is 0 Å². The minimum absolute atomic E-state index is 0.188. The van der Waals surface area contributed by atoms with Gasteiger partial charge in [0.2, 0.25) is 0 Å². The molecule has 3 heteroatoms. The van der Waals surface area contributed by atoms with Crippen molar-refractivity contribution < 1.29 is 10.2 Å². The highest BCUT2D eigenvalue weighted by Crippen LogP contribution is 2.14. The van der Waals surface area contributed by atoms with Crippen molar-refractivity contribution in [3.8, 4) is 0 Å². The Labute approximate surface area is 70.4 Å². The van der Waals surface area contributed by atoms with E-state index in [1.807, 2.05) is 6.92 Å². The average molecular weight is 211 g/mol. The van der Waals surface area contributed by atoms with Gasteiger partial charge in [0, 0.05) is 0 Å². The van der Waals surface area contributed by atoms with Gasteiger partial charge in [-0.3, -0.25) is 0 Å². The lowest BCUT2D eigenvalue weighted by molar-refractivity contribution is 0.0956. The zero-order valence-corrected chi connectivity index (χ0v) is 8.00. The second-order valence-corrected chi connectivity index (χ2v) is 3.60. The Balaban J connectivity index is 3.58. The number of halogens is 1. The molecule has 0 saturated heterocycles. The normalized spacial score (nSPS) is 20.1. The van der Waals surface area contributed by atoms with Crippen molar-refractivity contribution in [3.63, 3.8) is 0 Å². The molecule has 0 aromatic carbocycles. The van der Waals surface area contributed by atoms with Crippen LogP contribution in [0.25, 0.3) is 0 Å². The van der Waals surface area contributed by atoms with Crippen LogP contribution in [0.2, 0.25) is 0 Å². The first-order valence-electron chi connectivity index (χ1n) is 3.59. The highest BCUT2D eigenvalue weighted by Gasteiger charge is 2.19. The first-order valence-corrected chi connectivity index (χ1v) is 4.51. The van der Waals surface area contributed by atoms with E-state index < -0.39 is 12.2 Å². The molecule has 0 amide bonds. The van der Waals surface area contributed by atoms with E-state index >= 15 is 0 Å². The Hall–Kier alpha value is 0.400. The first kappa shape index (κ1) is 10.4. The maximum absolute atomic E-state index is 9.28. The average Bonchev–Trinajstić information content (AvgIpc) is 1.87. The van der Waals surface area contributed by atoms with Gasteiger partial charge >= 0.3 is 0 Å². The standard InChI is InChI=1S/C7H15BrO2/c1-3-4-6(10)7(8)5(2)9/h5-7,9-10H,3-4H2,1-2H3/t5-,6-,7+/m0/s1. The molecule has 0 fully saturated rings. The summed E-state index contributed by atoms with van der Waals surface area (Å²) in [6.45, 7) is 3.67.